The minimum Gasteiger partial charge on any atom is -0.455 e. The molecule has 5 nitrogen and oxygen atoms in total. The van der Waals surface area contributed by atoms with Gasteiger partial charge >= 0.3 is 0 Å². The summed E-state index contributed by atoms with van der Waals surface area (Å²) in [6, 6.07) is 67.9. The van der Waals surface area contributed by atoms with Gasteiger partial charge in [-0.15, -0.1) is 0 Å². The number of rotatable bonds is 6. The van der Waals surface area contributed by atoms with Crippen molar-refractivity contribution in [3.63, 3.8) is 0 Å². The van der Waals surface area contributed by atoms with Gasteiger partial charge in [-0.1, -0.05) is 164 Å². The van der Waals surface area contributed by atoms with Crippen LogP contribution in [-0.4, -0.2) is 19.9 Å². The van der Waals surface area contributed by atoms with E-state index in [2.05, 4.69) is 154 Å². The molecule has 3 heterocycles. The van der Waals surface area contributed by atoms with Crippen molar-refractivity contribution in [1.29, 1.82) is 0 Å². The van der Waals surface area contributed by atoms with Gasteiger partial charge in [0, 0.05) is 49.3 Å². The highest BCUT2D eigenvalue weighted by atomic mass is 35.5. The van der Waals surface area contributed by atoms with Gasteiger partial charge in [0.05, 0.1) is 5.52 Å². The second kappa shape index (κ2) is 14.2. The largest absolute Gasteiger partial charge is 0.455 e. The highest BCUT2D eigenvalue weighted by molar-refractivity contribution is 6.28. The van der Waals surface area contributed by atoms with Crippen LogP contribution in [0.15, 0.2) is 199 Å². The van der Waals surface area contributed by atoms with Gasteiger partial charge in [-0.05, 0) is 86.1 Å². The zero-order chi connectivity index (χ0) is 40.4. The van der Waals surface area contributed by atoms with Crippen LogP contribution in [0.1, 0.15) is 0 Å². The lowest BCUT2D eigenvalue weighted by atomic mass is 9.93. The first-order valence-electron chi connectivity index (χ1n) is 20.3. The molecule has 61 heavy (non-hydrogen) atoms. The number of furan rings is 1. The van der Waals surface area contributed by atoms with Gasteiger partial charge in [0.25, 0.3) is 0 Å². The number of benzene rings is 9. The van der Waals surface area contributed by atoms with Gasteiger partial charge in [-0.2, -0.15) is 9.97 Å². The zero-order valence-corrected chi connectivity index (χ0v) is 33.4. The molecule has 0 spiro atoms. The van der Waals surface area contributed by atoms with Crippen LogP contribution >= 0.6 is 11.6 Å². The molecule has 0 aliphatic carbocycles. The molecule has 0 atom stereocenters. The molecule has 9 aromatic carbocycles. The Bertz CT molecular complexity index is 3650. The molecule has 0 bridgehead atoms. The second-order valence-corrected chi connectivity index (χ2v) is 15.8. The van der Waals surface area contributed by atoms with Gasteiger partial charge in [-0.3, -0.25) is 0 Å². The molecule has 0 amide bonds. The third-order valence-corrected chi connectivity index (χ3v) is 12.0. The van der Waals surface area contributed by atoms with E-state index < -0.39 is 0 Å². The number of nitrogens with one attached hydrogen (secondary N) is 1. The van der Waals surface area contributed by atoms with Gasteiger partial charge < -0.3 is 9.40 Å². The maximum Gasteiger partial charge on any atom is 0.226 e. The molecule has 0 saturated carbocycles. The van der Waals surface area contributed by atoms with E-state index in [1.54, 1.807) is 0 Å². The van der Waals surface area contributed by atoms with Crippen LogP contribution in [0.5, 0.6) is 0 Å². The summed E-state index contributed by atoms with van der Waals surface area (Å²) in [7, 11) is 0. The van der Waals surface area contributed by atoms with Crippen LogP contribution in [0.25, 0.3) is 122 Å². The zero-order valence-electron chi connectivity index (χ0n) is 32.6. The van der Waals surface area contributed by atoms with E-state index in [4.69, 9.17) is 21.0 Å². The average Bonchev–Trinajstić information content (AvgIpc) is 3.91. The number of hydrogen-bond acceptors (Lipinski definition) is 4. The van der Waals surface area contributed by atoms with E-state index in [1.807, 2.05) is 54.6 Å². The minimum atomic E-state index is 0.150. The van der Waals surface area contributed by atoms with Gasteiger partial charge in [0.2, 0.25) is 5.28 Å². The molecule has 0 aliphatic rings. The first-order valence-corrected chi connectivity index (χ1v) is 20.7. The van der Waals surface area contributed by atoms with Crippen molar-refractivity contribution in [1.82, 2.24) is 19.9 Å². The van der Waals surface area contributed by atoms with Crippen molar-refractivity contribution in [2.75, 3.05) is 0 Å². The molecule has 0 fully saturated rings. The van der Waals surface area contributed by atoms with E-state index in [0.717, 1.165) is 88.6 Å². The number of fused-ring (bicyclic) bond motifs is 8. The standard InChI is InChI=1S/C55H33ClN4O/c56-55-59-53(37-24-20-34(21-25-37)33-10-2-1-3-11-33)58-54(60-55)38-26-22-35(23-27-38)39-13-8-14-40(30-39)46-31-41(32-47-44-16-6-7-19-49(44)61-52(46)47)43-17-9-18-45-50-42-15-5-4-12-36(42)28-29-48(50)57-51(43)45/h1-32,57H. The monoisotopic (exact) mass is 800 g/mol. The molecule has 6 heteroatoms. The quantitative estimate of drug-likeness (QED) is 0.182. The van der Waals surface area contributed by atoms with Gasteiger partial charge in [0.15, 0.2) is 11.6 Å². The summed E-state index contributed by atoms with van der Waals surface area (Å²) >= 11 is 6.49. The molecule has 12 aromatic rings. The van der Waals surface area contributed by atoms with Crippen LogP contribution in [0.3, 0.4) is 0 Å². The lowest BCUT2D eigenvalue weighted by Crippen LogP contribution is -1.97. The molecule has 0 saturated heterocycles. The highest BCUT2D eigenvalue weighted by Crippen LogP contribution is 2.43. The number of aromatic nitrogens is 4. The van der Waals surface area contributed by atoms with Crippen molar-refractivity contribution in [2.24, 2.45) is 0 Å². The maximum atomic E-state index is 6.66. The highest BCUT2D eigenvalue weighted by Gasteiger charge is 2.19. The molecule has 12 rings (SSSR count). The van der Waals surface area contributed by atoms with Crippen molar-refractivity contribution >= 4 is 66.1 Å². The van der Waals surface area contributed by atoms with Gasteiger partial charge in [0.1, 0.15) is 11.2 Å². The summed E-state index contributed by atoms with van der Waals surface area (Å²) in [5.41, 5.74) is 14.5. The fourth-order valence-electron chi connectivity index (χ4n) is 8.86. The summed E-state index contributed by atoms with van der Waals surface area (Å²) in [6.45, 7) is 0. The summed E-state index contributed by atoms with van der Waals surface area (Å²) in [4.78, 5) is 17.6. The van der Waals surface area contributed by atoms with Crippen molar-refractivity contribution in [2.45, 2.75) is 0 Å². The molecule has 0 radical (unpaired) electrons. The number of aromatic amines is 1. The van der Waals surface area contributed by atoms with Crippen molar-refractivity contribution in [3.8, 4) is 67.3 Å². The van der Waals surface area contributed by atoms with Crippen LogP contribution < -0.4 is 0 Å². The number of para-hydroxylation sites is 2. The Hall–Kier alpha value is -7.86. The van der Waals surface area contributed by atoms with Crippen molar-refractivity contribution in [3.05, 3.63) is 199 Å². The van der Waals surface area contributed by atoms with Crippen LogP contribution in [-0.2, 0) is 0 Å². The number of halogens is 1. The maximum absolute atomic E-state index is 6.66. The molecule has 286 valence electrons. The lowest BCUT2D eigenvalue weighted by molar-refractivity contribution is 0.670. The molecule has 3 aromatic heterocycles. The lowest BCUT2D eigenvalue weighted by Gasteiger charge is -2.11. The Labute approximate surface area is 355 Å². The molecular weight excluding hydrogens is 768 g/mol. The van der Waals surface area contributed by atoms with Gasteiger partial charge in [-0.25, -0.2) is 4.98 Å². The molecular formula is C55H33ClN4O. The summed E-state index contributed by atoms with van der Waals surface area (Å²) in [5, 5.41) is 7.26. The topological polar surface area (TPSA) is 67.6 Å². The second-order valence-electron chi connectivity index (χ2n) is 15.4. The predicted octanol–water partition coefficient (Wildman–Crippen LogP) is 15.2. The van der Waals surface area contributed by atoms with E-state index >= 15 is 0 Å². The first kappa shape index (κ1) is 35.1. The van der Waals surface area contributed by atoms with Crippen LogP contribution in [0.2, 0.25) is 5.28 Å². The van der Waals surface area contributed by atoms with E-state index in [1.165, 1.54) is 21.5 Å². The Morgan fingerprint density at radius 2 is 1.00 bits per heavy atom. The first-order chi connectivity index (χ1) is 30.1. The van der Waals surface area contributed by atoms with Crippen LogP contribution in [0.4, 0.5) is 0 Å². The normalized spacial score (nSPS) is 11.7. The smallest absolute Gasteiger partial charge is 0.226 e. The number of nitrogens with zero attached hydrogens (tertiary/aromatic N) is 3. The third kappa shape index (κ3) is 6.05. The summed E-state index contributed by atoms with van der Waals surface area (Å²) < 4.78 is 6.66. The van der Waals surface area contributed by atoms with E-state index in [-0.39, 0.29) is 5.28 Å². The molecule has 0 unspecified atom stereocenters. The summed E-state index contributed by atoms with van der Waals surface area (Å²) in [6.07, 6.45) is 0. The number of H-pyrrole nitrogens is 1. The fraction of sp³-hybridized carbons (Fsp3) is 0. The van der Waals surface area contributed by atoms with E-state index in [9.17, 15) is 0 Å². The Balaban J connectivity index is 0.927. The van der Waals surface area contributed by atoms with Crippen LogP contribution in [0, 0.1) is 0 Å². The Kier molecular flexibility index (Phi) is 8.15. The third-order valence-electron chi connectivity index (χ3n) is 11.8. The SMILES string of the molecule is Clc1nc(-c2ccc(-c3ccccc3)cc2)nc(-c2ccc(-c3cccc(-c4cc(-c5cccc6c5[nH]c5ccc7ccccc7c56)cc5c4oc4ccccc45)c3)cc2)n1. The fourth-order valence-corrected chi connectivity index (χ4v) is 9.02. The predicted molar refractivity (Wildman–Crippen MR) is 252 cm³/mol. The molecule has 0 aliphatic heterocycles. The van der Waals surface area contributed by atoms with E-state index in [0.29, 0.717) is 11.6 Å². The molecule has 1 N–H and O–H groups in total. The Morgan fingerprint density at radius 3 is 1.79 bits per heavy atom. The minimum absolute atomic E-state index is 0.150. The summed E-state index contributed by atoms with van der Waals surface area (Å²) in [5.74, 6) is 1.05. The average molecular weight is 801 g/mol. The van der Waals surface area contributed by atoms with Crippen molar-refractivity contribution < 1.29 is 4.42 Å². The number of hydrogen-bond donors (Lipinski definition) is 1. The Morgan fingerprint density at radius 1 is 0.393 bits per heavy atom.